The molecule has 0 saturated heterocycles. The molecule has 1 unspecified atom stereocenters. The fourth-order valence-electron chi connectivity index (χ4n) is 2.51. The third-order valence-corrected chi connectivity index (χ3v) is 4.42. The highest BCUT2D eigenvalue weighted by atomic mass is 19.1. The topological polar surface area (TPSA) is 66.4 Å². The second kappa shape index (κ2) is 8.04. The molecular formula is C17H23F2NO3. The first kappa shape index (κ1) is 19.1. The third-order valence-electron chi connectivity index (χ3n) is 4.42. The number of carbonyl (C=O) groups excluding carboxylic acids is 1. The minimum absolute atomic E-state index is 0.00563. The second-order valence-corrected chi connectivity index (χ2v) is 5.84. The van der Waals surface area contributed by atoms with E-state index in [-0.39, 0.29) is 24.4 Å². The Morgan fingerprint density at radius 2 is 1.87 bits per heavy atom. The van der Waals surface area contributed by atoms with Gasteiger partial charge in [-0.05, 0) is 30.4 Å². The van der Waals surface area contributed by atoms with Crippen LogP contribution in [0.2, 0.25) is 0 Å². The molecule has 0 saturated carbocycles. The molecule has 6 heteroatoms. The number of carbonyl (C=O) groups is 2. The first-order valence-electron chi connectivity index (χ1n) is 7.70. The number of aliphatic carboxylic acids is 1. The van der Waals surface area contributed by atoms with Crippen LogP contribution in [0.4, 0.5) is 8.78 Å². The van der Waals surface area contributed by atoms with Gasteiger partial charge in [0.05, 0.1) is 5.41 Å². The van der Waals surface area contributed by atoms with Crippen LogP contribution in [-0.2, 0) is 9.59 Å². The van der Waals surface area contributed by atoms with Crippen LogP contribution < -0.4 is 5.32 Å². The highest BCUT2D eigenvalue weighted by Gasteiger charge is 2.35. The lowest BCUT2D eigenvalue weighted by Gasteiger charge is -2.27. The first-order chi connectivity index (χ1) is 10.8. The van der Waals surface area contributed by atoms with Gasteiger partial charge in [0, 0.05) is 19.0 Å². The number of amides is 1. The second-order valence-electron chi connectivity index (χ2n) is 5.84. The Kier molecular flexibility index (Phi) is 6.66. The Morgan fingerprint density at radius 1 is 1.26 bits per heavy atom. The van der Waals surface area contributed by atoms with E-state index in [1.54, 1.807) is 20.8 Å². The predicted octanol–water partition coefficient (Wildman–Crippen LogP) is 3.47. The average molecular weight is 327 g/mol. The summed E-state index contributed by atoms with van der Waals surface area (Å²) >= 11 is 0. The van der Waals surface area contributed by atoms with E-state index in [0.29, 0.717) is 12.8 Å². The fourth-order valence-corrected chi connectivity index (χ4v) is 2.51. The summed E-state index contributed by atoms with van der Waals surface area (Å²) in [6.07, 6.45) is 0.814. The zero-order chi connectivity index (χ0) is 17.6. The monoisotopic (exact) mass is 327 g/mol. The SMILES string of the molecule is CCC(CC)(CNC(=O)CC(C)c1ccc(F)cc1F)C(=O)O. The van der Waals surface area contributed by atoms with E-state index in [4.69, 9.17) is 0 Å². The van der Waals surface area contributed by atoms with Gasteiger partial charge in [0.25, 0.3) is 0 Å². The summed E-state index contributed by atoms with van der Waals surface area (Å²) in [4.78, 5) is 23.4. The molecule has 128 valence electrons. The Bertz CT molecular complexity index is 571. The van der Waals surface area contributed by atoms with Crippen molar-refractivity contribution >= 4 is 11.9 Å². The van der Waals surface area contributed by atoms with Gasteiger partial charge in [-0.2, -0.15) is 0 Å². The largest absolute Gasteiger partial charge is 0.481 e. The van der Waals surface area contributed by atoms with Gasteiger partial charge in [-0.25, -0.2) is 8.78 Å². The van der Waals surface area contributed by atoms with E-state index >= 15 is 0 Å². The van der Waals surface area contributed by atoms with Gasteiger partial charge in [-0.15, -0.1) is 0 Å². The van der Waals surface area contributed by atoms with E-state index in [1.165, 1.54) is 6.07 Å². The predicted molar refractivity (Wildman–Crippen MR) is 83.1 cm³/mol. The zero-order valence-electron chi connectivity index (χ0n) is 13.7. The molecule has 23 heavy (non-hydrogen) atoms. The molecule has 1 rings (SSSR count). The van der Waals surface area contributed by atoms with Crippen LogP contribution in [0, 0.1) is 17.0 Å². The minimum Gasteiger partial charge on any atom is -0.481 e. The van der Waals surface area contributed by atoms with Gasteiger partial charge in [-0.1, -0.05) is 26.8 Å². The van der Waals surface area contributed by atoms with E-state index in [9.17, 15) is 23.5 Å². The number of carboxylic acid groups (broad SMARTS) is 1. The molecule has 0 heterocycles. The summed E-state index contributed by atoms with van der Waals surface area (Å²) in [5.74, 6) is -3.08. The summed E-state index contributed by atoms with van der Waals surface area (Å²) in [6.45, 7) is 5.23. The van der Waals surface area contributed by atoms with Gasteiger partial charge in [0.15, 0.2) is 0 Å². The number of halogens is 2. The van der Waals surface area contributed by atoms with Crippen molar-refractivity contribution in [1.29, 1.82) is 0 Å². The van der Waals surface area contributed by atoms with Crippen molar-refractivity contribution in [2.45, 2.75) is 46.0 Å². The average Bonchev–Trinajstić information content (AvgIpc) is 2.48. The Labute approximate surface area is 134 Å². The lowest BCUT2D eigenvalue weighted by atomic mass is 9.82. The van der Waals surface area contributed by atoms with Crippen molar-refractivity contribution in [3.05, 3.63) is 35.4 Å². The third kappa shape index (κ3) is 4.74. The molecule has 1 amide bonds. The molecule has 0 aliphatic carbocycles. The van der Waals surface area contributed by atoms with Gasteiger partial charge in [-0.3, -0.25) is 9.59 Å². The molecule has 0 spiro atoms. The van der Waals surface area contributed by atoms with Crippen LogP contribution >= 0.6 is 0 Å². The van der Waals surface area contributed by atoms with Crippen LogP contribution in [0.1, 0.15) is 51.5 Å². The summed E-state index contributed by atoms with van der Waals surface area (Å²) < 4.78 is 26.6. The fraction of sp³-hybridized carbons (Fsp3) is 0.529. The minimum atomic E-state index is -0.986. The standard InChI is InChI=1S/C17H23F2NO3/c1-4-17(5-2,16(22)23)10-20-15(21)8-11(3)13-7-6-12(18)9-14(13)19/h6-7,9,11H,4-5,8,10H2,1-3H3,(H,20,21)(H,22,23). The van der Waals surface area contributed by atoms with Crippen molar-refractivity contribution in [3.63, 3.8) is 0 Å². The van der Waals surface area contributed by atoms with Crippen molar-refractivity contribution in [1.82, 2.24) is 5.32 Å². The maximum absolute atomic E-state index is 13.7. The first-order valence-corrected chi connectivity index (χ1v) is 7.70. The van der Waals surface area contributed by atoms with Crippen molar-refractivity contribution in [2.24, 2.45) is 5.41 Å². The number of nitrogens with one attached hydrogen (secondary N) is 1. The summed E-state index contributed by atoms with van der Waals surface area (Å²) in [5, 5.41) is 11.9. The Balaban J connectivity index is 2.67. The summed E-state index contributed by atoms with van der Waals surface area (Å²) in [6, 6.07) is 3.26. The van der Waals surface area contributed by atoms with Crippen LogP contribution in [-0.4, -0.2) is 23.5 Å². The smallest absolute Gasteiger partial charge is 0.311 e. The van der Waals surface area contributed by atoms with Crippen LogP contribution in [0.25, 0.3) is 0 Å². The van der Waals surface area contributed by atoms with Crippen molar-refractivity contribution < 1.29 is 23.5 Å². The molecule has 0 aliphatic heterocycles. The lowest BCUT2D eigenvalue weighted by Crippen LogP contribution is -2.42. The van der Waals surface area contributed by atoms with E-state index in [2.05, 4.69) is 5.32 Å². The molecule has 0 fully saturated rings. The van der Waals surface area contributed by atoms with Gasteiger partial charge in [0.2, 0.25) is 5.91 Å². The van der Waals surface area contributed by atoms with Crippen LogP contribution in [0.3, 0.4) is 0 Å². The molecule has 0 radical (unpaired) electrons. The van der Waals surface area contributed by atoms with Crippen molar-refractivity contribution in [2.75, 3.05) is 6.54 Å². The Hall–Kier alpha value is -1.98. The van der Waals surface area contributed by atoms with Gasteiger partial charge in [0.1, 0.15) is 11.6 Å². The van der Waals surface area contributed by atoms with Gasteiger partial charge >= 0.3 is 5.97 Å². The summed E-state index contributed by atoms with van der Waals surface area (Å²) in [5.41, 5.74) is -0.725. The van der Waals surface area contributed by atoms with E-state index in [1.807, 2.05) is 0 Å². The molecule has 1 aromatic rings. The van der Waals surface area contributed by atoms with Crippen LogP contribution in [0.15, 0.2) is 18.2 Å². The molecule has 2 N–H and O–H groups in total. The quantitative estimate of drug-likeness (QED) is 0.768. The number of carboxylic acids is 1. The highest BCUT2D eigenvalue weighted by molar-refractivity contribution is 5.79. The maximum Gasteiger partial charge on any atom is 0.311 e. The highest BCUT2D eigenvalue weighted by Crippen LogP contribution is 2.26. The number of hydrogen-bond donors (Lipinski definition) is 2. The normalized spacial score (nSPS) is 12.7. The van der Waals surface area contributed by atoms with Gasteiger partial charge < -0.3 is 10.4 Å². The van der Waals surface area contributed by atoms with E-state index in [0.717, 1.165) is 12.1 Å². The molecule has 1 aromatic carbocycles. The zero-order valence-corrected chi connectivity index (χ0v) is 13.7. The van der Waals surface area contributed by atoms with Crippen molar-refractivity contribution in [3.8, 4) is 0 Å². The molecular weight excluding hydrogens is 304 g/mol. The number of hydrogen-bond acceptors (Lipinski definition) is 2. The molecule has 0 bridgehead atoms. The molecule has 0 aliphatic rings. The van der Waals surface area contributed by atoms with E-state index < -0.39 is 28.9 Å². The number of benzene rings is 1. The lowest BCUT2D eigenvalue weighted by molar-refractivity contribution is -0.149. The van der Waals surface area contributed by atoms with Crippen LogP contribution in [0.5, 0.6) is 0 Å². The maximum atomic E-state index is 13.7. The number of rotatable bonds is 8. The molecule has 1 atom stereocenters. The molecule has 0 aromatic heterocycles. The summed E-state index contributed by atoms with van der Waals surface area (Å²) in [7, 11) is 0. The Morgan fingerprint density at radius 3 is 2.35 bits per heavy atom. The molecule has 4 nitrogen and oxygen atoms in total.